The monoisotopic (exact) mass is 398 g/mol. The molecule has 1 aliphatic carbocycles. The van der Waals surface area contributed by atoms with Crippen LogP contribution in [0.5, 0.6) is 0 Å². The van der Waals surface area contributed by atoms with E-state index in [0.717, 1.165) is 19.3 Å². The van der Waals surface area contributed by atoms with Gasteiger partial charge in [0.05, 0.1) is 0 Å². The number of hydrogen-bond donors (Lipinski definition) is 0. The summed E-state index contributed by atoms with van der Waals surface area (Å²) in [7, 11) is -2.17. The highest BCUT2D eigenvalue weighted by molar-refractivity contribution is 7.04. The van der Waals surface area contributed by atoms with Crippen LogP contribution < -0.4 is 10.4 Å². The van der Waals surface area contributed by atoms with Crippen LogP contribution in [0.3, 0.4) is 0 Å². The minimum Gasteiger partial charge on any atom is -0.299 e. The van der Waals surface area contributed by atoms with Crippen LogP contribution in [-0.2, 0) is 11.2 Å². The lowest BCUT2D eigenvalue weighted by Crippen LogP contribution is -2.60. The van der Waals surface area contributed by atoms with E-state index in [2.05, 4.69) is 104 Å². The van der Waals surface area contributed by atoms with Gasteiger partial charge in [-0.25, -0.2) is 0 Å². The van der Waals surface area contributed by atoms with Gasteiger partial charge in [-0.2, -0.15) is 0 Å². The number of ketones is 1. The van der Waals surface area contributed by atoms with Gasteiger partial charge in [-0.1, -0.05) is 115 Å². The first-order chi connectivity index (χ1) is 14.1. The smallest absolute Gasteiger partial charge is 0.137 e. The predicted octanol–water partition coefficient (Wildman–Crippen LogP) is 5.11. The predicted molar refractivity (Wildman–Crippen MR) is 125 cm³/mol. The highest BCUT2D eigenvalue weighted by Crippen LogP contribution is 2.44. The molecule has 1 fully saturated rings. The zero-order valence-corrected chi connectivity index (χ0v) is 18.4. The molecule has 0 N–H and O–H groups in total. The van der Waals surface area contributed by atoms with Crippen molar-refractivity contribution >= 4 is 24.2 Å². The third-order valence-electron chi connectivity index (χ3n) is 7.03. The van der Waals surface area contributed by atoms with E-state index in [1.165, 1.54) is 15.9 Å². The lowest BCUT2D eigenvalue weighted by molar-refractivity contribution is -0.121. The Bertz CT molecular complexity index is 897. The summed E-state index contributed by atoms with van der Waals surface area (Å²) in [4.78, 5) is 13.8. The van der Waals surface area contributed by atoms with E-state index in [1.807, 2.05) is 0 Å². The molecule has 0 saturated heterocycles. The molecule has 0 aliphatic heterocycles. The molecule has 3 atom stereocenters. The minimum atomic E-state index is -2.17. The summed E-state index contributed by atoms with van der Waals surface area (Å²) in [5.41, 5.74) is 1.49. The molecule has 4 rings (SSSR count). The van der Waals surface area contributed by atoms with Gasteiger partial charge in [0, 0.05) is 11.5 Å². The van der Waals surface area contributed by atoms with Gasteiger partial charge in [0.1, 0.15) is 13.9 Å². The number of rotatable bonds is 6. The Labute approximate surface area is 175 Å². The van der Waals surface area contributed by atoms with Crippen molar-refractivity contribution < 1.29 is 4.79 Å². The van der Waals surface area contributed by atoms with Crippen LogP contribution in [0.25, 0.3) is 0 Å². The zero-order chi connectivity index (χ0) is 20.3. The van der Waals surface area contributed by atoms with Crippen molar-refractivity contribution in [3.63, 3.8) is 0 Å². The van der Waals surface area contributed by atoms with Crippen LogP contribution in [0.4, 0.5) is 0 Å². The van der Waals surface area contributed by atoms with Crippen molar-refractivity contribution in [1.82, 2.24) is 0 Å². The van der Waals surface area contributed by atoms with E-state index in [0.29, 0.717) is 11.7 Å². The Morgan fingerprint density at radius 3 is 1.79 bits per heavy atom. The number of hydrogen-bond acceptors (Lipinski definition) is 1. The molecule has 0 bridgehead atoms. The van der Waals surface area contributed by atoms with Crippen LogP contribution in [-0.4, -0.2) is 13.9 Å². The van der Waals surface area contributed by atoms with Gasteiger partial charge in [0.15, 0.2) is 0 Å². The zero-order valence-electron chi connectivity index (χ0n) is 17.4. The molecule has 0 aromatic heterocycles. The summed E-state index contributed by atoms with van der Waals surface area (Å²) in [5.74, 6) is 1.14. The number of aryl methyl sites for hydroxylation is 1. The normalized spacial score (nSPS) is 22.0. The second kappa shape index (κ2) is 8.50. The molecular weight excluding hydrogens is 368 g/mol. The van der Waals surface area contributed by atoms with Gasteiger partial charge in [0.25, 0.3) is 0 Å². The standard InChI is InChI=1S/C27H30OSi/c1-21-20-26(27(28)25(21)19-18-22-12-6-3-7-13-22)29(2,23-14-8-4-9-15-23)24-16-10-5-11-17-24/h3-17,21,25-26H,18-20H2,1-2H3. The number of carbonyl (C=O) groups is 1. The third-order valence-corrected chi connectivity index (χ3v) is 12.0. The summed E-state index contributed by atoms with van der Waals surface area (Å²) in [5, 5.41) is 2.75. The second-order valence-corrected chi connectivity index (χ2v) is 13.0. The second-order valence-electron chi connectivity index (χ2n) is 8.73. The Hall–Kier alpha value is -2.45. The quantitative estimate of drug-likeness (QED) is 0.528. The number of benzene rings is 3. The maximum Gasteiger partial charge on any atom is 0.137 e. The number of Topliss-reactive ketones (excluding diaryl/α,β-unsaturated/α-hetero) is 1. The molecule has 3 aromatic rings. The van der Waals surface area contributed by atoms with Gasteiger partial charge in [-0.15, -0.1) is 0 Å². The van der Waals surface area contributed by atoms with Crippen molar-refractivity contribution in [2.24, 2.45) is 11.8 Å². The van der Waals surface area contributed by atoms with Crippen LogP contribution in [0.15, 0.2) is 91.0 Å². The highest BCUT2D eigenvalue weighted by atomic mass is 28.3. The van der Waals surface area contributed by atoms with E-state index in [9.17, 15) is 4.79 Å². The Kier molecular flexibility index (Phi) is 5.82. The molecule has 148 valence electrons. The lowest BCUT2D eigenvalue weighted by Gasteiger charge is -2.34. The molecule has 29 heavy (non-hydrogen) atoms. The summed E-state index contributed by atoms with van der Waals surface area (Å²) >= 11 is 0. The molecule has 1 saturated carbocycles. The molecule has 3 unspecified atom stereocenters. The van der Waals surface area contributed by atoms with Crippen molar-refractivity contribution in [1.29, 1.82) is 0 Å². The summed E-state index contributed by atoms with van der Waals surface area (Å²) in [6.07, 6.45) is 2.97. The molecule has 1 aliphatic rings. The third kappa shape index (κ3) is 3.86. The highest BCUT2D eigenvalue weighted by Gasteiger charge is 2.51. The first-order valence-corrected chi connectivity index (χ1v) is 13.4. The maximum atomic E-state index is 13.8. The van der Waals surface area contributed by atoms with Crippen molar-refractivity contribution in [2.45, 2.75) is 38.3 Å². The molecule has 2 heteroatoms. The first-order valence-electron chi connectivity index (χ1n) is 10.8. The molecule has 1 nitrogen and oxygen atoms in total. The maximum absolute atomic E-state index is 13.8. The Morgan fingerprint density at radius 2 is 1.28 bits per heavy atom. The summed E-state index contributed by atoms with van der Waals surface area (Å²) < 4.78 is 0. The molecular formula is C27H30OSi. The largest absolute Gasteiger partial charge is 0.299 e. The Balaban J connectivity index is 1.64. The van der Waals surface area contributed by atoms with E-state index < -0.39 is 8.07 Å². The average Bonchev–Trinajstić information content (AvgIpc) is 3.07. The van der Waals surface area contributed by atoms with Gasteiger partial charge >= 0.3 is 0 Å². The van der Waals surface area contributed by atoms with E-state index in [-0.39, 0.29) is 11.5 Å². The molecule has 3 aromatic carbocycles. The van der Waals surface area contributed by atoms with Gasteiger partial charge in [-0.05, 0) is 30.7 Å². The van der Waals surface area contributed by atoms with Crippen LogP contribution in [0.2, 0.25) is 12.1 Å². The molecule has 0 spiro atoms. The van der Waals surface area contributed by atoms with Crippen molar-refractivity contribution in [2.75, 3.05) is 0 Å². The van der Waals surface area contributed by atoms with Gasteiger partial charge in [-0.3, -0.25) is 4.79 Å². The van der Waals surface area contributed by atoms with Crippen LogP contribution >= 0.6 is 0 Å². The lowest BCUT2D eigenvalue weighted by atomic mass is 9.91. The van der Waals surface area contributed by atoms with Crippen molar-refractivity contribution in [3.05, 3.63) is 96.6 Å². The van der Waals surface area contributed by atoms with Gasteiger partial charge in [0.2, 0.25) is 0 Å². The average molecular weight is 399 g/mol. The Morgan fingerprint density at radius 1 is 0.793 bits per heavy atom. The molecule has 0 heterocycles. The van der Waals surface area contributed by atoms with Crippen molar-refractivity contribution in [3.8, 4) is 0 Å². The fourth-order valence-corrected chi connectivity index (χ4v) is 9.78. The minimum absolute atomic E-state index is 0.156. The van der Waals surface area contributed by atoms with Gasteiger partial charge < -0.3 is 0 Å². The molecule has 0 amide bonds. The summed E-state index contributed by atoms with van der Waals surface area (Å²) in [6, 6.07) is 32.2. The van der Waals surface area contributed by atoms with Crippen LogP contribution in [0.1, 0.15) is 25.3 Å². The van der Waals surface area contributed by atoms with E-state index in [1.54, 1.807) is 0 Å². The summed E-state index contributed by atoms with van der Waals surface area (Å²) in [6.45, 7) is 4.70. The molecule has 0 radical (unpaired) electrons. The topological polar surface area (TPSA) is 17.1 Å². The van der Waals surface area contributed by atoms with E-state index >= 15 is 0 Å². The fourth-order valence-electron chi connectivity index (χ4n) is 5.24. The number of carbonyl (C=O) groups excluding carboxylic acids is 1. The fraction of sp³-hybridized carbons (Fsp3) is 0.296. The van der Waals surface area contributed by atoms with E-state index in [4.69, 9.17) is 0 Å². The SMILES string of the molecule is CC1CC([Si](C)(c2ccccc2)c2ccccc2)C(=O)C1CCc1ccccc1. The van der Waals surface area contributed by atoms with Crippen LogP contribution in [0, 0.1) is 11.8 Å². The first kappa shape index (κ1) is 19.8.